The van der Waals surface area contributed by atoms with E-state index in [0.717, 1.165) is 16.9 Å². The van der Waals surface area contributed by atoms with Gasteiger partial charge in [-0.15, -0.1) is 5.10 Å². The molecule has 0 bridgehead atoms. The summed E-state index contributed by atoms with van der Waals surface area (Å²) in [6.45, 7) is 0.895. The van der Waals surface area contributed by atoms with Gasteiger partial charge in [-0.25, -0.2) is 15.0 Å². The summed E-state index contributed by atoms with van der Waals surface area (Å²) in [5.41, 5.74) is 1.13. The van der Waals surface area contributed by atoms with E-state index in [-0.39, 0.29) is 23.2 Å². The number of hydrazine groups is 1. The summed E-state index contributed by atoms with van der Waals surface area (Å²) >= 11 is 1.10. The maximum Gasteiger partial charge on any atom is 0.293 e. The Balaban J connectivity index is 1.68. The standard InChI is InChI=1S/C17H15N5O3S/c1-25-15-9-13(18-12-6-3-2-5-11(12)15)16(23)21-7-4-8-22(21)17(24)14-10-26-20-19-14/h2-3,5-6,9-10H,4,7-8H2,1H3. The molecule has 0 aliphatic carbocycles. The number of amides is 2. The van der Waals surface area contributed by atoms with E-state index in [1.165, 1.54) is 10.0 Å². The third-order valence-corrected chi connectivity index (χ3v) is 4.70. The maximum atomic E-state index is 13.0. The molecule has 3 heterocycles. The minimum atomic E-state index is -0.344. The van der Waals surface area contributed by atoms with E-state index >= 15 is 0 Å². The van der Waals surface area contributed by atoms with Crippen molar-refractivity contribution in [3.8, 4) is 5.75 Å². The largest absolute Gasteiger partial charge is 0.496 e. The first-order valence-corrected chi connectivity index (χ1v) is 8.87. The van der Waals surface area contributed by atoms with E-state index < -0.39 is 0 Å². The summed E-state index contributed by atoms with van der Waals surface area (Å²) in [6.07, 6.45) is 0.694. The number of methoxy groups -OCH3 is 1. The lowest BCUT2D eigenvalue weighted by Crippen LogP contribution is -2.45. The van der Waals surface area contributed by atoms with Gasteiger partial charge in [0, 0.05) is 29.9 Å². The Bertz CT molecular complexity index is 976. The quantitative estimate of drug-likeness (QED) is 0.702. The highest BCUT2D eigenvalue weighted by atomic mass is 32.1. The third-order valence-electron chi connectivity index (χ3n) is 4.20. The molecule has 9 heteroatoms. The Hall–Kier alpha value is -3.07. The van der Waals surface area contributed by atoms with Gasteiger partial charge in [0.2, 0.25) is 0 Å². The minimum absolute atomic E-state index is 0.233. The predicted octanol–water partition coefficient (Wildman–Crippen LogP) is 2.00. The molecular formula is C17H15N5O3S. The highest BCUT2D eigenvalue weighted by Crippen LogP contribution is 2.26. The molecule has 0 unspecified atom stereocenters. The average molecular weight is 369 g/mol. The van der Waals surface area contributed by atoms with Crippen LogP contribution in [0.4, 0.5) is 0 Å². The van der Waals surface area contributed by atoms with Crippen LogP contribution in [0.3, 0.4) is 0 Å². The van der Waals surface area contributed by atoms with Gasteiger partial charge >= 0.3 is 0 Å². The smallest absolute Gasteiger partial charge is 0.293 e. The van der Waals surface area contributed by atoms with E-state index in [4.69, 9.17) is 4.74 Å². The van der Waals surface area contributed by atoms with Gasteiger partial charge in [0.1, 0.15) is 11.4 Å². The molecule has 26 heavy (non-hydrogen) atoms. The van der Waals surface area contributed by atoms with Gasteiger partial charge in [0.05, 0.1) is 12.6 Å². The Morgan fingerprint density at radius 3 is 2.54 bits per heavy atom. The van der Waals surface area contributed by atoms with Gasteiger partial charge in [0.15, 0.2) is 5.69 Å². The lowest BCUT2D eigenvalue weighted by atomic mass is 10.1. The van der Waals surface area contributed by atoms with Crippen molar-refractivity contribution in [1.82, 2.24) is 24.6 Å². The Kier molecular flexibility index (Phi) is 4.21. The van der Waals surface area contributed by atoms with Crippen LogP contribution in [-0.4, -0.2) is 56.6 Å². The Morgan fingerprint density at radius 2 is 1.85 bits per heavy atom. The van der Waals surface area contributed by atoms with Crippen LogP contribution in [0.1, 0.15) is 27.4 Å². The zero-order valence-corrected chi connectivity index (χ0v) is 14.8. The molecule has 0 saturated carbocycles. The van der Waals surface area contributed by atoms with E-state index in [1.807, 2.05) is 24.3 Å². The normalized spacial score (nSPS) is 14.0. The molecule has 1 saturated heterocycles. The van der Waals surface area contributed by atoms with Crippen molar-refractivity contribution in [2.45, 2.75) is 6.42 Å². The van der Waals surface area contributed by atoms with Crippen molar-refractivity contribution >= 4 is 34.2 Å². The summed E-state index contributed by atoms with van der Waals surface area (Å²) in [5, 5.41) is 9.02. The van der Waals surface area contributed by atoms with Crippen molar-refractivity contribution in [2.75, 3.05) is 20.2 Å². The number of ether oxygens (including phenoxy) is 1. The molecule has 1 aromatic carbocycles. The zero-order chi connectivity index (χ0) is 18.1. The average Bonchev–Trinajstić information content (AvgIpc) is 3.37. The molecule has 3 aromatic rings. The molecular weight excluding hydrogens is 354 g/mol. The summed E-state index contributed by atoms with van der Waals surface area (Å²) < 4.78 is 9.12. The highest BCUT2D eigenvalue weighted by molar-refractivity contribution is 7.03. The van der Waals surface area contributed by atoms with Crippen molar-refractivity contribution in [3.05, 3.63) is 47.1 Å². The summed E-state index contributed by atoms with van der Waals surface area (Å²) in [4.78, 5) is 30.1. The molecule has 1 fully saturated rings. The molecule has 8 nitrogen and oxygen atoms in total. The second-order valence-corrected chi connectivity index (χ2v) is 6.34. The summed E-state index contributed by atoms with van der Waals surface area (Å²) in [5.74, 6) is -0.111. The molecule has 2 aromatic heterocycles. The number of fused-ring (bicyclic) bond motifs is 1. The Labute approximate surface area is 153 Å². The van der Waals surface area contributed by atoms with Crippen LogP contribution in [0.5, 0.6) is 5.75 Å². The van der Waals surface area contributed by atoms with Crippen molar-refractivity contribution in [1.29, 1.82) is 0 Å². The van der Waals surface area contributed by atoms with Crippen molar-refractivity contribution in [3.63, 3.8) is 0 Å². The number of aromatic nitrogens is 3. The lowest BCUT2D eigenvalue weighted by Gasteiger charge is -2.27. The summed E-state index contributed by atoms with van der Waals surface area (Å²) in [6, 6.07) is 9.05. The first-order valence-electron chi connectivity index (χ1n) is 8.03. The lowest BCUT2D eigenvalue weighted by molar-refractivity contribution is 0.0179. The number of pyridine rings is 1. The van der Waals surface area contributed by atoms with Gasteiger partial charge in [0.25, 0.3) is 11.8 Å². The molecule has 1 aliphatic rings. The van der Waals surface area contributed by atoms with Crippen LogP contribution in [-0.2, 0) is 0 Å². The fourth-order valence-corrected chi connectivity index (χ4v) is 3.41. The molecule has 2 amide bonds. The topological polar surface area (TPSA) is 88.5 Å². The van der Waals surface area contributed by atoms with Crippen LogP contribution >= 0.6 is 11.5 Å². The van der Waals surface area contributed by atoms with E-state index in [9.17, 15) is 9.59 Å². The van der Waals surface area contributed by atoms with Crippen LogP contribution in [0.25, 0.3) is 10.9 Å². The van der Waals surface area contributed by atoms with Crippen molar-refractivity contribution < 1.29 is 14.3 Å². The van der Waals surface area contributed by atoms with Gasteiger partial charge in [-0.05, 0) is 30.1 Å². The predicted molar refractivity (Wildman–Crippen MR) is 94.9 cm³/mol. The van der Waals surface area contributed by atoms with E-state index in [1.54, 1.807) is 18.6 Å². The third kappa shape index (κ3) is 2.76. The second-order valence-electron chi connectivity index (χ2n) is 5.73. The maximum absolute atomic E-state index is 13.0. The number of para-hydroxylation sites is 1. The van der Waals surface area contributed by atoms with Crippen LogP contribution < -0.4 is 4.74 Å². The first-order chi connectivity index (χ1) is 12.7. The molecule has 1 aliphatic heterocycles. The van der Waals surface area contributed by atoms with Gasteiger partial charge in [-0.3, -0.25) is 9.59 Å². The first kappa shape index (κ1) is 16.4. The zero-order valence-electron chi connectivity index (χ0n) is 14.0. The fraction of sp³-hybridized carbons (Fsp3) is 0.235. The molecule has 0 radical (unpaired) electrons. The van der Waals surface area contributed by atoms with Crippen LogP contribution in [0, 0.1) is 0 Å². The highest BCUT2D eigenvalue weighted by Gasteiger charge is 2.33. The number of hydrogen-bond donors (Lipinski definition) is 0. The number of rotatable bonds is 3. The minimum Gasteiger partial charge on any atom is -0.496 e. The molecule has 0 spiro atoms. The number of nitrogens with zero attached hydrogens (tertiary/aromatic N) is 5. The number of hydrogen-bond acceptors (Lipinski definition) is 7. The van der Waals surface area contributed by atoms with Gasteiger partial charge in [-0.2, -0.15) is 0 Å². The fourth-order valence-electron chi connectivity index (χ4n) is 2.98. The number of carbonyl (C=O) groups is 2. The molecule has 0 N–H and O–H groups in total. The number of carbonyl (C=O) groups excluding carboxylic acids is 2. The van der Waals surface area contributed by atoms with E-state index in [0.29, 0.717) is 30.8 Å². The molecule has 0 atom stereocenters. The summed E-state index contributed by atoms with van der Waals surface area (Å²) in [7, 11) is 1.55. The van der Waals surface area contributed by atoms with Gasteiger partial charge in [-0.1, -0.05) is 16.6 Å². The van der Waals surface area contributed by atoms with Crippen LogP contribution in [0.15, 0.2) is 35.7 Å². The van der Waals surface area contributed by atoms with Crippen LogP contribution in [0.2, 0.25) is 0 Å². The van der Waals surface area contributed by atoms with Gasteiger partial charge < -0.3 is 4.74 Å². The SMILES string of the molecule is COc1cc(C(=O)N2CCCN2C(=O)c2csnn2)nc2ccccc12. The number of benzene rings is 1. The Morgan fingerprint density at radius 1 is 1.12 bits per heavy atom. The van der Waals surface area contributed by atoms with E-state index in [2.05, 4.69) is 14.6 Å². The second kappa shape index (κ2) is 6.68. The van der Waals surface area contributed by atoms with Crippen molar-refractivity contribution in [2.24, 2.45) is 0 Å². The monoisotopic (exact) mass is 369 g/mol. The molecule has 4 rings (SSSR count). The molecule has 132 valence electrons.